The molecule has 0 radical (unpaired) electrons. The Morgan fingerprint density at radius 1 is 0.932 bits per heavy atom. The number of amides is 2. The number of hydrogen-bond acceptors (Lipinski definition) is 6. The Balaban J connectivity index is 1.74. The molecule has 0 aliphatic heterocycles. The van der Waals surface area contributed by atoms with Crippen LogP contribution in [0.1, 0.15) is 49.3 Å². The zero-order valence-corrected chi connectivity index (χ0v) is 28.2. The molecule has 1 aliphatic rings. The number of ether oxygens (including phenoxy) is 2. The van der Waals surface area contributed by atoms with E-state index in [2.05, 4.69) is 21.2 Å². The molecular weight excluding hydrogens is 646 g/mol. The van der Waals surface area contributed by atoms with Gasteiger partial charge in [0.1, 0.15) is 12.6 Å². The highest BCUT2D eigenvalue weighted by atomic mass is 79.9. The predicted octanol–water partition coefficient (Wildman–Crippen LogP) is 5.75. The summed E-state index contributed by atoms with van der Waals surface area (Å²) < 4.78 is 41.2. The van der Waals surface area contributed by atoms with Crippen LogP contribution in [0, 0.1) is 13.8 Å². The zero-order chi connectivity index (χ0) is 32.0. The number of anilines is 1. The summed E-state index contributed by atoms with van der Waals surface area (Å²) in [6, 6.07) is 16.4. The van der Waals surface area contributed by atoms with E-state index in [0.29, 0.717) is 11.4 Å². The fourth-order valence-electron chi connectivity index (χ4n) is 5.49. The van der Waals surface area contributed by atoms with Gasteiger partial charge in [-0.25, -0.2) is 8.42 Å². The number of nitrogens with zero attached hydrogens (tertiary/aromatic N) is 2. The van der Waals surface area contributed by atoms with Crippen molar-refractivity contribution in [3.05, 3.63) is 81.8 Å². The van der Waals surface area contributed by atoms with Crippen molar-refractivity contribution in [2.75, 3.05) is 25.1 Å². The molecule has 1 fully saturated rings. The number of carbonyl (C=O) groups excluding carboxylic acids is 2. The van der Waals surface area contributed by atoms with Gasteiger partial charge >= 0.3 is 0 Å². The highest BCUT2D eigenvalue weighted by molar-refractivity contribution is 9.10. The lowest BCUT2D eigenvalue weighted by Crippen LogP contribution is -2.52. The van der Waals surface area contributed by atoms with Crippen LogP contribution in [-0.2, 0) is 26.2 Å². The third-order valence-electron chi connectivity index (χ3n) is 7.85. The monoisotopic (exact) mass is 685 g/mol. The molecule has 1 aliphatic carbocycles. The Morgan fingerprint density at radius 2 is 1.55 bits per heavy atom. The van der Waals surface area contributed by atoms with E-state index in [-0.39, 0.29) is 29.1 Å². The molecule has 236 valence electrons. The first-order chi connectivity index (χ1) is 20.9. The Bertz CT molecular complexity index is 1570. The molecule has 0 spiro atoms. The van der Waals surface area contributed by atoms with Crippen molar-refractivity contribution in [2.45, 2.75) is 70.0 Å². The molecular formula is C33H40BrN3O6S. The number of aryl methyl sites for hydroxylation is 2. The lowest BCUT2D eigenvalue weighted by atomic mass is 10.1. The minimum absolute atomic E-state index is 0.0615. The molecule has 3 aromatic carbocycles. The molecule has 44 heavy (non-hydrogen) atoms. The highest BCUT2D eigenvalue weighted by Crippen LogP contribution is 2.33. The molecule has 11 heteroatoms. The molecule has 0 heterocycles. The van der Waals surface area contributed by atoms with Crippen LogP contribution in [0.15, 0.2) is 70.0 Å². The van der Waals surface area contributed by atoms with Gasteiger partial charge in [-0.1, -0.05) is 47.0 Å². The molecule has 2 amide bonds. The summed E-state index contributed by atoms with van der Waals surface area (Å²) >= 11 is 3.44. The van der Waals surface area contributed by atoms with E-state index in [0.717, 1.165) is 51.2 Å². The number of hydrogen-bond donors (Lipinski definition) is 1. The molecule has 0 saturated heterocycles. The number of halogens is 1. The molecule has 1 N–H and O–H groups in total. The van der Waals surface area contributed by atoms with E-state index in [4.69, 9.17) is 9.47 Å². The number of carbonyl (C=O) groups is 2. The molecule has 3 aromatic rings. The first-order valence-corrected chi connectivity index (χ1v) is 16.8. The summed E-state index contributed by atoms with van der Waals surface area (Å²) in [6.45, 7) is 5.04. The second-order valence-corrected chi connectivity index (χ2v) is 14.0. The van der Waals surface area contributed by atoms with Gasteiger partial charge in [0.2, 0.25) is 11.8 Å². The highest BCUT2D eigenvalue weighted by Gasteiger charge is 2.34. The number of nitrogens with one attached hydrogen (secondary N) is 1. The molecule has 0 bridgehead atoms. The molecule has 1 unspecified atom stereocenters. The summed E-state index contributed by atoms with van der Waals surface area (Å²) in [5, 5.41) is 3.09. The van der Waals surface area contributed by atoms with Crippen LogP contribution >= 0.6 is 15.9 Å². The maximum atomic E-state index is 14.3. The molecule has 9 nitrogen and oxygen atoms in total. The molecule has 0 aromatic heterocycles. The zero-order valence-electron chi connectivity index (χ0n) is 25.8. The van der Waals surface area contributed by atoms with Gasteiger partial charge in [0, 0.05) is 23.1 Å². The number of methoxy groups -OCH3 is 2. The van der Waals surface area contributed by atoms with Crippen molar-refractivity contribution in [2.24, 2.45) is 0 Å². The maximum Gasteiger partial charge on any atom is 0.264 e. The Morgan fingerprint density at radius 3 is 2.14 bits per heavy atom. The first-order valence-electron chi connectivity index (χ1n) is 14.6. The molecule has 1 saturated carbocycles. The normalized spacial score (nSPS) is 14.1. The fraction of sp³-hybridized carbons (Fsp3) is 0.394. The smallest absolute Gasteiger partial charge is 0.264 e. The molecule has 4 rings (SSSR count). The summed E-state index contributed by atoms with van der Waals surface area (Å²) in [6.07, 6.45) is 3.92. The fourth-order valence-corrected chi connectivity index (χ4v) is 7.17. The average molecular weight is 687 g/mol. The van der Waals surface area contributed by atoms with Gasteiger partial charge in [-0.3, -0.25) is 13.9 Å². The molecule has 1 atom stereocenters. The van der Waals surface area contributed by atoms with E-state index in [1.165, 1.54) is 37.3 Å². The van der Waals surface area contributed by atoms with Gasteiger partial charge in [-0.2, -0.15) is 0 Å². The lowest BCUT2D eigenvalue weighted by molar-refractivity contribution is -0.139. The summed E-state index contributed by atoms with van der Waals surface area (Å²) in [5.74, 6) is -0.147. The van der Waals surface area contributed by atoms with Crippen LogP contribution in [0.4, 0.5) is 5.69 Å². The van der Waals surface area contributed by atoms with Gasteiger partial charge in [-0.05, 0) is 86.7 Å². The van der Waals surface area contributed by atoms with Crippen molar-refractivity contribution in [1.82, 2.24) is 10.2 Å². The summed E-state index contributed by atoms with van der Waals surface area (Å²) in [4.78, 5) is 29.0. The van der Waals surface area contributed by atoms with E-state index < -0.39 is 28.5 Å². The van der Waals surface area contributed by atoms with Gasteiger partial charge in [0.25, 0.3) is 10.0 Å². The lowest BCUT2D eigenvalue weighted by Gasteiger charge is -2.32. The average Bonchev–Trinajstić information content (AvgIpc) is 3.51. The largest absolute Gasteiger partial charge is 0.493 e. The predicted molar refractivity (Wildman–Crippen MR) is 175 cm³/mol. The van der Waals surface area contributed by atoms with Gasteiger partial charge in [0.15, 0.2) is 11.5 Å². The van der Waals surface area contributed by atoms with E-state index >= 15 is 0 Å². The number of benzene rings is 3. The third kappa shape index (κ3) is 7.92. The minimum Gasteiger partial charge on any atom is -0.493 e. The van der Waals surface area contributed by atoms with E-state index in [1.54, 1.807) is 19.1 Å². The van der Waals surface area contributed by atoms with Crippen molar-refractivity contribution in [1.29, 1.82) is 0 Å². The van der Waals surface area contributed by atoms with Crippen molar-refractivity contribution >= 4 is 43.5 Å². The van der Waals surface area contributed by atoms with E-state index in [1.807, 2.05) is 44.2 Å². The Kier molecular flexibility index (Phi) is 11.0. The summed E-state index contributed by atoms with van der Waals surface area (Å²) in [7, 11) is -1.38. The van der Waals surface area contributed by atoms with Crippen LogP contribution in [-0.4, -0.2) is 58.0 Å². The maximum absolute atomic E-state index is 14.3. The van der Waals surface area contributed by atoms with Crippen molar-refractivity contribution in [3.8, 4) is 11.5 Å². The van der Waals surface area contributed by atoms with Crippen LogP contribution in [0.25, 0.3) is 0 Å². The second-order valence-electron chi connectivity index (χ2n) is 11.2. The van der Waals surface area contributed by atoms with Gasteiger partial charge in [0.05, 0.1) is 24.8 Å². The quantitative estimate of drug-likeness (QED) is 0.260. The first kappa shape index (κ1) is 33.3. The SMILES string of the molecule is COc1ccc(S(=O)(=O)N(CC(=O)N(Cc2ccc(Br)cc2)C(C)C(=O)NC2CCCC2)c2cc(C)cc(C)c2)cc1OC. The van der Waals surface area contributed by atoms with Crippen molar-refractivity contribution < 1.29 is 27.5 Å². The summed E-state index contributed by atoms with van der Waals surface area (Å²) in [5.41, 5.74) is 2.84. The second kappa shape index (κ2) is 14.5. The third-order valence-corrected chi connectivity index (χ3v) is 10.1. The van der Waals surface area contributed by atoms with Gasteiger partial charge in [-0.15, -0.1) is 0 Å². The van der Waals surface area contributed by atoms with Gasteiger partial charge < -0.3 is 19.7 Å². The van der Waals surface area contributed by atoms with Crippen LogP contribution < -0.4 is 19.1 Å². The number of sulfonamides is 1. The topological polar surface area (TPSA) is 105 Å². The van der Waals surface area contributed by atoms with Crippen LogP contribution in [0.2, 0.25) is 0 Å². The standard InChI is InChI=1S/C33H40BrN3O6S/c1-22-16-23(2)18-28(17-22)37(44(40,41)29-14-15-30(42-4)31(19-29)43-5)21-32(38)36(20-25-10-12-26(34)13-11-25)24(3)33(39)35-27-8-6-7-9-27/h10-19,24,27H,6-9,20-21H2,1-5H3,(H,35,39). The Labute approximate surface area is 268 Å². The van der Waals surface area contributed by atoms with Crippen molar-refractivity contribution in [3.63, 3.8) is 0 Å². The Hall–Kier alpha value is -3.57. The number of rotatable bonds is 12. The minimum atomic E-state index is -4.27. The van der Waals surface area contributed by atoms with E-state index in [9.17, 15) is 18.0 Å². The van der Waals surface area contributed by atoms with Crippen LogP contribution in [0.3, 0.4) is 0 Å². The van der Waals surface area contributed by atoms with Crippen LogP contribution in [0.5, 0.6) is 11.5 Å².